The van der Waals surface area contributed by atoms with E-state index in [0.29, 0.717) is 6.54 Å². The molecule has 0 aliphatic carbocycles. The Balaban J connectivity index is 3.07. The van der Waals surface area contributed by atoms with Gasteiger partial charge in [-0.15, -0.1) is 11.3 Å². The number of rotatable bonds is 1. The third-order valence-corrected chi connectivity index (χ3v) is 2.48. The summed E-state index contributed by atoms with van der Waals surface area (Å²) in [5.74, 6) is 0. The van der Waals surface area contributed by atoms with Crippen LogP contribution in [0.2, 0.25) is 0 Å². The lowest BCUT2D eigenvalue weighted by atomic mass is 10.3. The molecule has 0 radical (unpaired) electrons. The highest BCUT2D eigenvalue weighted by molar-refractivity contribution is 7.12. The van der Waals surface area contributed by atoms with Crippen LogP contribution in [0.25, 0.3) is 0 Å². The second-order valence-electron chi connectivity index (χ2n) is 2.03. The molecule has 2 N–H and O–H groups in total. The standard InChI is InChI=1S/C7H8N2S/c1-5-2-6(3-8)10-7(5)4-9/h2H,4,9H2,1H3. The molecule has 0 aliphatic rings. The Bertz CT molecular complexity index is 270. The highest BCUT2D eigenvalue weighted by Crippen LogP contribution is 2.19. The number of hydrogen-bond donors (Lipinski definition) is 1. The zero-order valence-corrected chi connectivity index (χ0v) is 6.53. The zero-order chi connectivity index (χ0) is 7.56. The highest BCUT2D eigenvalue weighted by Gasteiger charge is 2.01. The van der Waals surface area contributed by atoms with Gasteiger partial charge in [-0.2, -0.15) is 5.26 Å². The van der Waals surface area contributed by atoms with E-state index in [1.54, 1.807) is 0 Å². The van der Waals surface area contributed by atoms with Gasteiger partial charge >= 0.3 is 0 Å². The number of thiophene rings is 1. The monoisotopic (exact) mass is 152 g/mol. The maximum atomic E-state index is 8.49. The first-order valence-electron chi connectivity index (χ1n) is 2.97. The summed E-state index contributed by atoms with van der Waals surface area (Å²) in [4.78, 5) is 1.86. The lowest BCUT2D eigenvalue weighted by molar-refractivity contribution is 1.09. The quantitative estimate of drug-likeness (QED) is 0.661. The molecular formula is C7H8N2S. The van der Waals surface area contributed by atoms with E-state index in [-0.39, 0.29) is 0 Å². The zero-order valence-electron chi connectivity index (χ0n) is 5.72. The normalized spacial score (nSPS) is 9.30. The number of nitrogens with zero attached hydrogens (tertiary/aromatic N) is 1. The fourth-order valence-electron chi connectivity index (χ4n) is 0.778. The summed E-state index contributed by atoms with van der Waals surface area (Å²) in [6.07, 6.45) is 0. The van der Waals surface area contributed by atoms with Crippen LogP contribution >= 0.6 is 11.3 Å². The SMILES string of the molecule is Cc1cc(C#N)sc1CN. The van der Waals surface area contributed by atoms with E-state index in [2.05, 4.69) is 6.07 Å². The van der Waals surface area contributed by atoms with E-state index < -0.39 is 0 Å². The van der Waals surface area contributed by atoms with Crippen LogP contribution in [-0.4, -0.2) is 0 Å². The van der Waals surface area contributed by atoms with Crippen molar-refractivity contribution in [2.45, 2.75) is 13.5 Å². The van der Waals surface area contributed by atoms with Gasteiger partial charge in [0.2, 0.25) is 0 Å². The molecule has 3 heteroatoms. The lowest BCUT2D eigenvalue weighted by Gasteiger charge is -1.87. The molecule has 0 saturated heterocycles. The first-order chi connectivity index (χ1) is 4.77. The molecule has 0 amide bonds. The number of aryl methyl sites for hydroxylation is 1. The van der Waals surface area contributed by atoms with Crippen molar-refractivity contribution in [1.29, 1.82) is 5.26 Å². The Morgan fingerprint density at radius 1 is 1.80 bits per heavy atom. The van der Waals surface area contributed by atoms with Gasteiger partial charge in [0.1, 0.15) is 10.9 Å². The molecule has 0 saturated carbocycles. The third-order valence-electron chi connectivity index (χ3n) is 1.32. The van der Waals surface area contributed by atoms with Crippen LogP contribution in [0.3, 0.4) is 0 Å². The maximum Gasteiger partial charge on any atom is 0.110 e. The van der Waals surface area contributed by atoms with Crippen molar-refractivity contribution in [2.75, 3.05) is 0 Å². The minimum Gasteiger partial charge on any atom is -0.326 e. The van der Waals surface area contributed by atoms with Crippen LogP contribution in [0.1, 0.15) is 15.3 Å². The van der Waals surface area contributed by atoms with Crippen molar-refractivity contribution in [3.8, 4) is 6.07 Å². The van der Waals surface area contributed by atoms with Gasteiger partial charge in [0.05, 0.1) is 0 Å². The Labute approximate surface area is 63.9 Å². The molecule has 0 fully saturated rings. The van der Waals surface area contributed by atoms with E-state index in [0.717, 1.165) is 15.3 Å². The summed E-state index contributed by atoms with van der Waals surface area (Å²) in [7, 11) is 0. The smallest absolute Gasteiger partial charge is 0.110 e. The molecule has 0 bridgehead atoms. The first-order valence-corrected chi connectivity index (χ1v) is 3.79. The van der Waals surface area contributed by atoms with Crippen molar-refractivity contribution >= 4 is 11.3 Å². The van der Waals surface area contributed by atoms with Crippen molar-refractivity contribution in [1.82, 2.24) is 0 Å². The second-order valence-corrected chi connectivity index (χ2v) is 3.17. The fraction of sp³-hybridized carbons (Fsp3) is 0.286. The van der Waals surface area contributed by atoms with Gasteiger partial charge in [-0.05, 0) is 18.6 Å². The van der Waals surface area contributed by atoms with Crippen LogP contribution < -0.4 is 5.73 Å². The van der Waals surface area contributed by atoms with Gasteiger partial charge in [0, 0.05) is 11.4 Å². The molecule has 1 heterocycles. The van der Waals surface area contributed by atoms with Gasteiger partial charge in [-0.25, -0.2) is 0 Å². The van der Waals surface area contributed by atoms with E-state index in [1.165, 1.54) is 11.3 Å². The molecule has 0 spiro atoms. The minimum absolute atomic E-state index is 0.540. The molecule has 0 aromatic carbocycles. The largest absolute Gasteiger partial charge is 0.326 e. The van der Waals surface area contributed by atoms with E-state index in [1.807, 2.05) is 13.0 Å². The van der Waals surface area contributed by atoms with Gasteiger partial charge in [-0.3, -0.25) is 0 Å². The van der Waals surface area contributed by atoms with Crippen LogP contribution in [0.15, 0.2) is 6.07 Å². The highest BCUT2D eigenvalue weighted by atomic mass is 32.1. The van der Waals surface area contributed by atoms with Gasteiger partial charge in [0.15, 0.2) is 0 Å². The van der Waals surface area contributed by atoms with Crippen LogP contribution in [-0.2, 0) is 6.54 Å². The molecule has 52 valence electrons. The summed E-state index contributed by atoms with van der Waals surface area (Å²) in [6, 6.07) is 3.95. The van der Waals surface area contributed by atoms with Gasteiger partial charge in [0.25, 0.3) is 0 Å². The van der Waals surface area contributed by atoms with Crippen molar-refractivity contribution < 1.29 is 0 Å². The number of nitriles is 1. The van der Waals surface area contributed by atoms with Crippen LogP contribution in [0, 0.1) is 18.3 Å². The van der Waals surface area contributed by atoms with Gasteiger partial charge in [-0.1, -0.05) is 0 Å². The lowest BCUT2D eigenvalue weighted by Crippen LogP contribution is -1.93. The average molecular weight is 152 g/mol. The Morgan fingerprint density at radius 3 is 2.80 bits per heavy atom. The summed E-state index contributed by atoms with van der Waals surface area (Å²) in [6.45, 7) is 2.51. The van der Waals surface area contributed by atoms with E-state index in [4.69, 9.17) is 11.0 Å². The van der Waals surface area contributed by atoms with E-state index in [9.17, 15) is 0 Å². The van der Waals surface area contributed by atoms with Crippen LogP contribution in [0.5, 0.6) is 0 Å². The predicted molar refractivity (Wildman–Crippen MR) is 41.7 cm³/mol. The summed E-state index contributed by atoms with van der Waals surface area (Å²) in [5, 5.41) is 8.49. The van der Waals surface area contributed by atoms with E-state index >= 15 is 0 Å². The number of hydrogen-bond acceptors (Lipinski definition) is 3. The predicted octanol–water partition coefficient (Wildman–Crippen LogP) is 1.39. The van der Waals surface area contributed by atoms with Crippen molar-refractivity contribution in [3.05, 3.63) is 21.4 Å². The molecule has 1 aromatic rings. The molecule has 0 aliphatic heterocycles. The summed E-state index contributed by atoms with van der Waals surface area (Å²) in [5.41, 5.74) is 6.55. The first kappa shape index (κ1) is 7.26. The molecule has 1 aromatic heterocycles. The second kappa shape index (κ2) is 2.82. The Kier molecular flexibility index (Phi) is 2.05. The van der Waals surface area contributed by atoms with Crippen LogP contribution in [0.4, 0.5) is 0 Å². The number of nitrogens with two attached hydrogens (primary N) is 1. The molecule has 1 rings (SSSR count). The molecule has 0 unspecified atom stereocenters. The molecule has 10 heavy (non-hydrogen) atoms. The molecule has 0 atom stereocenters. The maximum absolute atomic E-state index is 8.49. The average Bonchev–Trinajstić information content (AvgIpc) is 2.30. The Hall–Kier alpha value is -0.850. The summed E-state index contributed by atoms with van der Waals surface area (Å²) < 4.78 is 0. The molecule has 2 nitrogen and oxygen atoms in total. The minimum atomic E-state index is 0.540. The third kappa shape index (κ3) is 1.18. The van der Waals surface area contributed by atoms with Crippen molar-refractivity contribution in [3.63, 3.8) is 0 Å². The topological polar surface area (TPSA) is 49.8 Å². The van der Waals surface area contributed by atoms with Gasteiger partial charge < -0.3 is 5.73 Å². The molecular weight excluding hydrogens is 144 g/mol. The summed E-state index contributed by atoms with van der Waals surface area (Å²) >= 11 is 1.47. The van der Waals surface area contributed by atoms with Crippen molar-refractivity contribution in [2.24, 2.45) is 5.73 Å². The fourth-order valence-corrected chi connectivity index (χ4v) is 1.63. The Morgan fingerprint density at radius 2 is 2.50 bits per heavy atom.